The molecule has 5 heteroatoms. The van der Waals surface area contributed by atoms with Crippen molar-refractivity contribution in [2.24, 2.45) is 0 Å². The first-order valence-corrected chi connectivity index (χ1v) is 7.23. The lowest BCUT2D eigenvalue weighted by molar-refractivity contribution is 0.530. The van der Waals surface area contributed by atoms with Crippen LogP contribution in [-0.4, -0.2) is 20.2 Å². The molecule has 0 N–H and O–H groups in total. The Morgan fingerprint density at radius 1 is 0.909 bits per heavy atom. The number of para-hydroxylation sites is 1. The Labute approximate surface area is 131 Å². The van der Waals surface area contributed by atoms with E-state index in [2.05, 4.69) is 16.4 Å². The third-order valence-electron chi connectivity index (χ3n) is 3.45. The number of hydrogen-bond acceptors (Lipinski definition) is 4. The second-order valence-corrected chi connectivity index (χ2v) is 5.22. The van der Waals surface area contributed by atoms with Crippen LogP contribution in [0.2, 0.25) is 0 Å². The summed E-state index contributed by atoms with van der Waals surface area (Å²) in [6, 6.07) is 21.6. The van der Waals surface area contributed by atoms with Gasteiger partial charge in [0.25, 0.3) is 5.17 Å². The summed E-state index contributed by atoms with van der Waals surface area (Å²) in [6.45, 7) is 0. The predicted molar refractivity (Wildman–Crippen MR) is 90.1 cm³/mol. The molecule has 106 valence electrons. The summed E-state index contributed by atoms with van der Waals surface area (Å²) in [5, 5.41) is 10.6. The first-order chi connectivity index (χ1) is 10.8. The maximum atomic E-state index is 5.77. The van der Waals surface area contributed by atoms with Crippen LogP contribution >= 0.6 is 12.2 Å². The van der Waals surface area contributed by atoms with Crippen molar-refractivity contribution in [3.63, 3.8) is 0 Å². The van der Waals surface area contributed by atoms with E-state index in [1.54, 1.807) is 0 Å². The Kier molecular flexibility index (Phi) is 3.05. The zero-order chi connectivity index (χ0) is 14.9. The van der Waals surface area contributed by atoms with E-state index in [1.807, 2.05) is 60.7 Å². The van der Waals surface area contributed by atoms with Gasteiger partial charge in [-0.3, -0.25) is 0 Å². The van der Waals surface area contributed by atoms with Gasteiger partial charge >= 0.3 is 0 Å². The number of thiocarbonyl (C=S) groups is 1. The number of benzene rings is 3. The van der Waals surface area contributed by atoms with Crippen molar-refractivity contribution in [2.75, 3.05) is 0 Å². The quantitative estimate of drug-likeness (QED) is 0.502. The summed E-state index contributed by atoms with van der Waals surface area (Å²) < 4.78 is 7.29. The lowest BCUT2D eigenvalue weighted by Crippen LogP contribution is -2.17. The third-order valence-corrected chi connectivity index (χ3v) is 3.71. The molecule has 1 heterocycles. The molecule has 0 radical (unpaired) electrons. The van der Waals surface area contributed by atoms with Crippen molar-refractivity contribution in [3.05, 3.63) is 66.7 Å². The van der Waals surface area contributed by atoms with Crippen LogP contribution in [-0.2, 0) is 0 Å². The normalized spacial score (nSPS) is 10.9. The van der Waals surface area contributed by atoms with Gasteiger partial charge in [-0.25, -0.2) is 0 Å². The molecule has 0 saturated carbocycles. The zero-order valence-corrected chi connectivity index (χ0v) is 12.3. The summed E-state index contributed by atoms with van der Waals surface area (Å²) in [4.78, 5) is 0. The summed E-state index contributed by atoms with van der Waals surface area (Å²) in [6.07, 6.45) is 0. The first kappa shape index (κ1) is 12.9. The Morgan fingerprint density at radius 3 is 2.59 bits per heavy atom. The second-order valence-electron chi connectivity index (χ2n) is 4.87. The number of nitrogens with zero attached hydrogens (tertiary/aromatic N) is 3. The number of rotatable bonds is 1. The van der Waals surface area contributed by atoms with Gasteiger partial charge in [-0.05, 0) is 47.3 Å². The molecule has 0 bridgehead atoms. The van der Waals surface area contributed by atoms with Gasteiger partial charge in [0.05, 0.1) is 5.52 Å². The molecule has 4 nitrogen and oxygen atoms in total. The van der Waals surface area contributed by atoms with Gasteiger partial charge in [-0.2, -0.15) is 4.68 Å². The van der Waals surface area contributed by atoms with Crippen LogP contribution in [0.1, 0.15) is 0 Å². The minimum atomic E-state index is 0.254. The van der Waals surface area contributed by atoms with E-state index in [9.17, 15) is 0 Å². The SMILES string of the molecule is S=C(Oc1ccc2ccccc2c1)n1nnc2ccccc21. The molecule has 0 spiro atoms. The molecule has 4 rings (SSSR count). The summed E-state index contributed by atoms with van der Waals surface area (Å²) in [5.41, 5.74) is 1.61. The maximum Gasteiger partial charge on any atom is 0.292 e. The van der Waals surface area contributed by atoms with E-state index in [0.29, 0.717) is 5.75 Å². The molecule has 0 aliphatic rings. The highest BCUT2D eigenvalue weighted by atomic mass is 32.1. The molecule has 0 atom stereocenters. The van der Waals surface area contributed by atoms with E-state index in [-0.39, 0.29) is 5.17 Å². The highest BCUT2D eigenvalue weighted by molar-refractivity contribution is 7.80. The minimum Gasteiger partial charge on any atom is -0.430 e. The Hall–Kier alpha value is -2.79. The van der Waals surface area contributed by atoms with Crippen LogP contribution in [0.5, 0.6) is 5.75 Å². The fourth-order valence-electron chi connectivity index (χ4n) is 2.38. The van der Waals surface area contributed by atoms with Crippen LogP contribution in [0.4, 0.5) is 0 Å². The van der Waals surface area contributed by atoms with Crippen molar-refractivity contribution in [1.82, 2.24) is 15.0 Å². The van der Waals surface area contributed by atoms with Gasteiger partial charge in [0.15, 0.2) is 0 Å². The summed E-state index contributed by atoms with van der Waals surface area (Å²) in [7, 11) is 0. The molecule has 0 aliphatic carbocycles. The zero-order valence-electron chi connectivity index (χ0n) is 11.5. The highest BCUT2D eigenvalue weighted by Crippen LogP contribution is 2.21. The highest BCUT2D eigenvalue weighted by Gasteiger charge is 2.10. The molecule has 0 saturated heterocycles. The number of ether oxygens (including phenoxy) is 1. The van der Waals surface area contributed by atoms with Gasteiger partial charge < -0.3 is 4.74 Å². The minimum absolute atomic E-state index is 0.254. The molecule has 0 aliphatic heterocycles. The van der Waals surface area contributed by atoms with Crippen molar-refractivity contribution in [1.29, 1.82) is 0 Å². The topological polar surface area (TPSA) is 39.9 Å². The third kappa shape index (κ3) is 2.21. The fourth-order valence-corrected chi connectivity index (χ4v) is 2.61. The summed E-state index contributed by atoms with van der Waals surface area (Å²) >= 11 is 5.34. The van der Waals surface area contributed by atoms with Crippen molar-refractivity contribution in [3.8, 4) is 5.75 Å². The number of fused-ring (bicyclic) bond motifs is 2. The van der Waals surface area contributed by atoms with Gasteiger partial charge in [0, 0.05) is 0 Å². The molecule has 4 aromatic rings. The first-order valence-electron chi connectivity index (χ1n) is 6.83. The molecule has 1 aromatic heterocycles. The second kappa shape index (κ2) is 5.20. The molecule has 0 amide bonds. The van der Waals surface area contributed by atoms with Crippen LogP contribution < -0.4 is 4.74 Å². The molecule has 0 fully saturated rings. The Morgan fingerprint density at radius 2 is 1.68 bits per heavy atom. The summed E-state index contributed by atoms with van der Waals surface area (Å²) in [5.74, 6) is 0.684. The van der Waals surface area contributed by atoms with Gasteiger partial charge in [0.2, 0.25) is 0 Å². The molecular formula is C17H11N3OS. The average Bonchev–Trinajstić information content (AvgIpc) is 2.99. The average molecular weight is 305 g/mol. The lowest BCUT2D eigenvalue weighted by atomic mass is 10.1. The van der Waals surface area contributed by atoms with Crippen LogP contribution in [0.25, 0.3) is 21.8 Å². The Balaban J connectivity index is 1.68. The Bertz CT molecular complexity index is 993. The van der Waals surface area contributed by atoms with E-state index in [1.165, 1.54) is 4.68 Å². The fraction of sp³-hybridized carbons (Fsp3) is 0. The molecule has 22 heavy (non-hydrogen) atoms. The van der Waals surface area contributed by atoms with E-state index < -0.39 is 0 Å². The molecule has 3 aromatic carbocycles. The van der Waals surface area contributed by atoms with E-state index in [0.717, 1.165) is 21.8 Å². The predicted octanol–water partition coefficient (Wildman–Crippen LogP) is 3.80. The maximum absolute atomic E-state index is 5.77. The number of hydrogen-bond donors (Lipinski definition) is 0. The van der Waals surface area contributed by atoms with Gasteiger partial charge in [-0.15, -0.1) is 5.10 Å². The van der Waals surface area contributed by atoms with E-state index in [4.69, 9.17) is 17.0 Å². The van der Waals surface area contributed by atoms with Crippen LogP contribution in [0.15, 0.2) is 66.7 Å². The van der Waals surface area contributed by atoms with Gasteiger partial charge in [-0.1, -0.05) is 47.7 Å². The largest absolute Gasteiger partial charge is 0.430 e. The standard InChI is InChI=1S/C17H11N3OS/c22-17(20-16-8-4-3-7-15(16)18-19-20)21-14-10-9-12-5-1-2-6-13(12)11-14/h1-11H. The van der Waals surface area contributed by atoms with E-state index >= 15 is 0 Å². The van der Waals surface area contributed by atoms with Crippen LogP contribution in [0.3, 0.4) is 0 Å². The lowest BCUT2D eigenvalue weighted by Gasteiger charge is -2.08. The van der Waals surface area contributed by atoms with Gasteiger partial charge in [0.1, 0.15) is 11.3 Å². The molecule has 0 unspecified atom stereocenters. The monoisotopic (exact) mass is 305 g/mol. The van der Waals surface area contributed by atoms with Crippen LogP contribution in [0, 0.1) is 0 Å². The van der Waals surface area contributed by atoms with Crippen molar-refractivity contribution >= 4 is 39.2 Å². The smallest absolute Gasteiger partial charge is 0.292 e. The number of aromatic nitrogens is 3. The molecular weight excluding hydrogens is 294 g/mol. The van der Waals surface area contributed by atoms with Crippen molar-refractivity contribution < 1.29 is 4.74 Å². The van der Waals surface area contributed by atoms with Crippen molar-refractivity contribution in [2.45, 2.75) is 0 Å².